The molecule has 7 heteroatoms. The molecule has 2 fully saturated rings. The first-order valence-corrected chi connectivity index (χ1v) is 7.84. The highest BCUT2D eigenvalue weighted by atomic mass is 16.9. The van der Waals surface area contributed by atoms with Crippen molar-refractivity contribution in [2.75, 3.05) is 0 Å². The first-order chi connectivity index (χ1) is 11.2. The normalized spacial score (nSPS) is 37.8. The number of aliphatic carboxylic acids is 1. The number of fused-ring (bicyclic) bond motifs is 1. The van der Waals surface area contributed by atoms with Crippen molar-refractivity contribution in [3.63, 3.8) is 0 Å². The number of ether oxygens (including phenoxy) is 4. The second kappa shape index (κ2) is 6.09. The Hall–Kier alpha value is -1.51. The number of carboxylic acids is 1. The lowest BCUT2D eigenvalue weighted by atomic mass is 9.93. The van der Waals surface area contributed by atoms with Gasteiger partial charge in [0.2, 0.25) is 0 Å². The highest BCUT2D eigenvalue weighted by Gasteiger charge is 2.63. The van der Waals surface area contributed by atoms with Crippen LogP contribution in [-0.2, 0) is 30.3 Å². The van der Waals surface area contributed by atoms with E-state index in [0.717, 1.165) is 5.56 Å². The van der Waals surface area contributed by atoms with Crippen LogP contribution in [0.1, 0.15) is 26.3 Å². The van der Waals surface area contributed by atoms with E-state index >= 15 is 0 Å². The maximum Gasteiger partial charge on any atom is 0.335 e. The standard InChI is InChI=1S/C17H22O7/c1-16(2)23-14-12(21-9-10-7-5-4-6-8-10)11(18)13(15(19)20)22-17(14,3)24-16/h4-8,11-14,18H,9H2,1-3H3,(H,19,20)/t11-,12-,13+,14+,17-/m0/s1. The monoisotopic (exact) mass is 338 g/mol. The molecule has 1 aromatic carbocycles. The Kier molecular flexibility index (Phi) is 4.39. The Morgan fingerprint density at radius 3 is 2.50 bits per heavy atom. The van der Waals surface area contributed by atoms with Gasteiger partial charge in [0.25, 0.3) is 0 Å². The summed E-state index contributed by atoms with van der Waals surface area (Å²) in [5.41, 5.74) is 0.906. The maximum absolute atomic E-state index is 11.4. The summed E-state index contributed by atoms with van der Waals surface area (Å²) < 4.78 is 22.9. The summed E-state index contributed by atoms with van der Waals surface area (Å²) in [5.74, 6) is -3.56. The van der Waals surface area contributed by atoms with Crippen LogP contribution in [0.5, 0.6) is 0 Å². The molecule has 0 unspecified atom stereocenters. The number of benzene rings is 1. The molecule has 7 nitrogen and oxygen atoms in total. The first-order valence-electron chi connectivity index (χ1n) is 7.84. The minimum absolute atomic E-state index is 0.214. The van der Waals surface area contributed by atoms with E-state index in [9.17, 15) is 15.0 Å². The molecule has 2 heterocycles. The largest absolute Gasteiger partial charge is 0.479 e. The third kappa shape index (κ3) is 3.18. The molecule has 0 aliphatic carbocycles. The first kappa shape index (κ1) is 17.3. The van der Waals surface area contributed by atoms with E-state index in [0.29, 0.717) is 0 Å². The summed E-state index contributed by atoms with van der Waals surface area (Å²) in [4.78, 5) is 11.4. The van der Waals surface area contributed by atoms with E-state index in [-0.39, 0.29) is 6.61 Å². The van der Waals surface area contributed by atoms with Crippen LogP contribution in [0.4, 0.5) is 0 Å². The molecule has 2 aliphatic rings. The summed E-state index contributed by atoms with van der Waals surface area (Å²) >= 11 is 0. The Labute approximate surface area is 140 Å². The highest BCUT2D eigenvalue weighted by molar-refractivity contribution is 5.73. The summed E-state index contributed by atoms with van der Waals surface area (Å²) in [5, 5.41) is 19.8. The van der Waals surface area contributed by atoms with Crippen LogP contribution in [-0.4, -0.2) is 52.2 Å². The van der Waals surface area contributed by atoms with E-state index in [2.05, 4.69) is 0 Å². The number of carboxylic acid groups (broad SMARTS) is 1. The van der Waals surface area contributed by atoms with Gasteiger partial charge in [-0.05, 0) is 26.3 Å². The van der Waals surface area contributed by atoms with Crippen molar-refractivity contribution in [2.24, 2.45) is 0 Å². The van der Waals surface area contributed by atoms with Crippen LogP contribution in [0.25, 0.3) is 0 Å². The molecule has 5 atom stereocenters. The Bertz CT molecular complexity index is 602. The van der Waals surface area contributed by atoms with Crippen LogP contribution in [0, 0.1) is 0 Å². The number of aliphatic hydroxyl groups is 1. The number of carbonyl (C=O) groups is 1. The fraction of sp³-hybridized carbons (Fsp3) is 0.588. The van der Waals surface area contributed by atoms with E-state index in [1.165, 1.54) is 0 Å². The van der Waals surface area contributed by atoms with E-state index in [1.54, 1.807) is 20.8 Å². The summed E-state index contributed by atoms with van der Waals surface area (Å²) in [7, 11) is 0. The molecule has 0 spiro atoms. The van der Waals surface area contributed by atoms with Crippen LogP contribution in [0.15, 0.2) is 30.3 Å². The fourth-order valence-corrected chi connectivity index (χ4v) is 3.26. The predicted molar refractivity (Wildman–Crippen MR) is 82.0 cm³/mol. The van der Waals surface area contributed by atoms with Crippen molar-refractivity contribution < 1.29 is 34.0 Å². The molecule has 24 heavy (non-hydrogen) atoms. The zero-order valence-electron chi connectivity index (χ0n) is 13.8. The van der Waals surface area contributed by atoms with Crippen molar-refractivity contribution in [3.05, 3.63) is 35.9 Å². The van der Waals surface area contributed by atoms with Crippen LogP contribution in [0.2, 0.25) is 0 Å². The Balaban J connectivity index is 1.84. The van der Waals surface area contributed by atoms with Crippen molar-refractivity contribution in [1.29, 1.82) is 0 Å². The molecule has 0 radical (unpaired) electrons. The maximum atomic E-state index is 11.4. The third-order valence-electron chi connectivity index (χ3n) is 4.21. The van der Waals surface area contributed by atoms with Crippen LogP contribution >= 0.6 is 0 Å². The van der Waals surface area contributed by atoms with Gasteiger partial charge in [-0.15, -0.1) is 0 Å². The highest BCUT2D eigenvalue weighted by Crippen LogP contribution is 2.44. The molecular weight excluding hydrogens is 316 g/mol. The lowest BCUT2D eigenvalue weighted by Gasteiger charge is -2.43. The molecule has 2 aliphatic heterocycles. The second-order valence-electron chi connectivity index (χ2n) is 6.68. The second-order valence-corrected chi connectivity index (χ2v) is 6.68. The predicted octanol–water partition coefficient (Wildman–Crippen LogP) is 1.28. The minimum atomic E-state index is -1.45. The molecule has 0 bridgehead atoms. The minimum Gasteiger partial charge on any atom is -0.479 e. The number of rotatable bonds is 4. The van der Waals surface area contributed by atoms with Crippen molar-refractivity contribution in [2.45, 2.75) is 63.4 Å². The topological polar surface area (TPSA) is 94.5 Å². The summed E-state index contributed by atoms with van der Waals surface area (Å²) in [6.45, 7) is 5.23. The molecule has 1 aromatic rings. The third-order valence-corrected chi connectivity index (χ3v) is 4.21. The van der Waals surface area contributed by atoms with E-state index < -0.39 is 42.0 Å². The molecule has 132 valence electrons. The number of aliphatic hydroxyl groups excluding tert-OH is 1. The van der Waals surface area contributed by atoms with Crippen molar-refractivity contribution >= 4 is 5.97 Å². The average molecular weight is 338 g/mol. The van der Waals surface area contributed by atoms with Gasteiger partial charge in [0.15, 0.2) is 17.7 Å². The van der Waals surface area contributed by atoms with Gasteiger partial charge in [-0.2, -0.15) is 0 Å². The van der Waals surface area contributed by atoms with Gasteiger partial charge in [0.05, 0.1) is 6.61 Å². The Morgan fingerprint density at radius 1 is 1.21 bits per heavy atom. The molecule has 0 saturated carbocycles. The number of hydrogen-bond acceptors (Lipinski definition) is 6. The van der Waals surface area contributed by atoms with Gasteiger partial charge in [-0.25, -0.2) is 4.79 Å². The molecule has 2 saturated heterocycles. The average Bonchev–Trinajstić information content (AvgIpc) is 2.76. The van der Waals surface area contributed by atoms with Gasteiger partial charge in [-0.1, -0.05) is 30.3 Å². The van der Waals surface area contributed by atoms with E-state index in [4.69, 9.17) is 18.9 Å². The number of hydrogen-bond donors (Lipinski definition) is 2. The molecule has 0 amide bonds. The smallest absolute Gasteiger partial charge is 0.335 e. The SMILES string of the molecule is CC1(C)O[C@@H]2[C@@H](OCc3ccccc3)[C@H](O)[C@H](C(=O)O)O[C@@]2(C)O1. The molecule has 0 aromatic heterocycles. The molecule has 2 N–H and O–H groups in total. The summed E-state index contributed by atoms with van der Waals surface area (Å²) in [6, 6.07) is 9.41. The van der Waals surface area contributed by atoms with Crippen molar-refractivity contribution in [1.82, 2.24) is 0 Å². The summed E-state index contributed by atoms with van der Waals surface area (Å²) in [6.07, 6.45) is -4.47. The van der Waals surface area contributed by atoms with Crippen LogP contribution < -0.4 is 0 Å². The van der Waals surface area contributed by atoms with Gasteiger partial charge < -0.3 is 29.2 Å². The lowest BCUT2D eigenvalue weighted by Crippen LogP contribution is -2.64. The van der Waals surface area contributed by atoms with Gasteiger partial charge in [-0.3, -0.25) is 0 Å². The van der Waals surface area contributed by atoms with Gasteiger partial charge >= 0.3 is 5.97 Å². The zero-order valence-corrected chi connectivity index (χ0v) is 13.8. The lowest BCUT2D eigenvalue weighted by molar-refractivity contribution is -0.312. The Morgan fingerprint density at radius 2 is 1.88 bits per heavy atom. The molecule has 3 rings (SSSR count). The van der Waals surface area contributed by atoms with Gasteiger partial charge in [0.1, 0.15) is 18.3 Å². The zero-order chi connectivity index (χ0) is 17.5. The molecular formula is C17H22O7. The van der Waals surface area contributed by atoms with Crippen LogP contribution in [0.3, 0.4) is 0 Å². The van der Waals surface area contributed by atoms with E-state index in [1.807, 2.05) is 30.3 Å². The van der Waals surface area contributed by atoms with Crippen molar-refractivity contribution in [3.8, 4) is 0 Å². The fourth-order valence-electron chi connectivity index (χ4n) is 3.26. The quantitative estimate of drug-likeness (QED) is 0.854. The van der Waals surface area contributed by atoms with Gasteiger partial charge in [0, 0.05) is 0 Å².